The predicted molar refractivity (Wildman–Crippen MR) is 171 cm³/mol. The molecule has 202 valence electrons. The Morgan fingerprint density at radius 1 is 0.800 bits per heavy atom. The van der Waals surface area contributed by atoms with E-state index in [2.05, 4.69) is 121 Å². The Hall–Kier alpha value is -3.30. The molecule has 0 N–H and O–H groups in total. The van der Waals surface area contributed by atoms with E-state index in [0.717, 1.165) is 24.0 Å². The van der Waals surface area contributed by atoms with Crippen LogP contribution in [0.4, 0.5) is 0 Å². The van der Waals surface area contributed by atoms with Gasteiger partial charge in [0.15, 0.2) is 6.20 Å². The minimum Gasteiger partial charge on any atom is -0.456 e. The quantitative estimate of drug-likeness (QED) is 0.159. The van der Waals surface area contributed by atoms with Crippen LogP contribution in [0, 0.1) is 17.8 Å². The number of pyridine rings is 1. The van der Waals surface area contributed by atoms with E-state index in [1.807, 2.05) is 11.8 Å². The van der Waals surface area contributed by atoms with Gasteiger partial charge in [-0.15, -0.1) is 0 Å². The zero-order valence-electron chi connectivity index (χ0n) is 25.0. The monoisotopic (exact) mass is 544 g/mol. The number of aryl methyl sites for hydroxylation is 2. The minimum absolute atomic E-state index is 0.120. The van der Waals surface area contributed by atoms with Crippen LogP contribution in [-0.2, 0) is 19.9 Å². The molecule has 1 aliphatic rings. The van der Waals surface area contributed by atoms with Gasteiger partial charge in [0, 0.05) is 37.6 Å². The lowest BCUT2D eigenvalue weighted by Gasteiger charge is -2.26. The number of hydrogen-bond acceptors (Lipinski definition) is 2. The van der Waals surface area contributed by atoms with E-state index in [-0.39, 0.29) is 10.8 Å². The van der Waals surface area contributed by atoms with Crippen LogP contribution in [0.5, 0.6) is 0 Å². The van der Waals surface area contributed by atoms with Gasteiger partial charge in [0.05, 0.1) is 10.9 Å². The summed E-state index contributed by atoms with van der Waals surface area (Å²) in [7, 11) is 2.20. The average Bonchev–Trinajstić information content (AvgIpc) is 3.26. The number of hydrogen-bond donors (Lipinski definition) is 0. The van der Waals surface area contributed by atoms with Crippen molar-refractivity contribution >= 4 is 55.2 Å². The van der Waals surface area contributed by atoms with Gasteiger partial charge >= 0.3 is 0 Å². The first kappa shape index (κ1) is 25.7. The zero-order valence-corrected chi connectivity index (χ0v) is 25.8. The van der Waals surface area contributed by atoms with Crippen molar-refractivity contribution in [3.8, 4) is 11.3 Å². The maximum absolute atomic E-state index is 6.68. The molecule has 3 heterocycles. The normalized spacial score (nSPS) is 13.6. The van der Waals surface area contributed by atoms with E-state index in [9.17, 15) is 0 Å². The molecule has 4 aromatic carbocycles. The highest BCUT2D eigenvalue weighted by atomic mass is 32.2. The third kappa shape index (κ3) is 3.96. The largest absolute Gasteiger partial charge is 0.456 e. The lowest BCUT2D eigenvalue weighted by molar-refractivity contribution is -0.659. The van der Waals surface area contributed by atoms with Gasteiger partial charge < -0.3 is 4.42 Å². The Labute approximate surface area is 241 Å². The molecule has 0 fully saturated rings. The fraction of sp³-hybridized carbons (Fsp3) is 0.324. The van der Waals surface area contributed by atoms with Gasteiger partial charge in [-0.05, 0) is 64.6 Å². The third-order valence-electron chi connectivity index (χ3n) is 8.27. The summed E-state index contributed by atoms with van der Waals surface area (Å²) in [6.45, 7) is 16.3. The standard InChI is InChI=1S/C37H38NOS/c1-21-30-26-11-9-10-12-28(26)39-34(30)27(20-37(5,6)7)35-31(21)33-32-25(15-16-38(33)8)24-14-13-22(19-36(2,3)4)17-23(24)18-29(32)40-35/h9-18H,19-20H2,1-8H3/q+1. The molecule has 0 unspecified atom stereocenters. The molecule has 0 atom stereocenters. The summed E-state index contributed by atoms with van der Waals surface area (Å²) in [5, 5.41) is 7.86. The Morgan fingerprint density at radius 3 is 2.30 bits per heavy atom. The molecule has 0 spiro atoms. The van der Waals surface area contributed by atoms with E-state index in [1.54, 1.807) is 0 Å². The lowest BCUT2D eigenvalue weighted by Crippen LogP contribution is -2.32. The Balaban J connectivity index is 1.60. The number of rotatable bonds is 2. The van der Waals surface area contributed by atoms with E-state index >= 15 is 0 Å². The van der Waals surface area contributed by atoms with Crippen LogP contribution in [0.15, 0.2) is 75.0 Å². The van der Waals surface area contributed by atoms with Crippen LogP contribution in [0.3, 0.4) is 0 Å². The van der Waals surface area contributed by atoms with Crippen LogP contribution in [0.25, 0.3) is 54.7 Å². The Bertz CT molecular complexity index is 2010. The number of furan rings is 1. The zero-order chi connectivity index (χ0) is 28.1. The molecule has 0 bridgehead atoms. The number of aromatic nitrogens is 1. The molecule has 0 radical (unpaired) electrons. The summed E-state index contributed by atoms with van der Waals surface area (Å²) in [5.74, 6) is 0. The van der Waals surface area contributed by atoms with Gasteiger partial charge in [-0.25, -0.2) is 4.57 Å². The summed E-state index contributed by atoms with van der Waals surface area (Å²) < 4.78 is 9.02. The summed E-state index contributed by atoms with van der Waals surface area (Å²) in [6.07, 6.45) is 4.28. The van der Waals surface area contributed by atoms with Crippen molar-refractivity contribution in [2.24, 2.45) is 17.9 Å². The second kappa shape index (κ2) is 8.60. The molecule has 0 saturated carbocycles. The van der Waals surface area contributed by atoms with Crippen molar-refractivity contribution < 1.29 is 8.98 Å². The Kier molecular flexibility index (Phi) is 5.52. The fourth-order valence-electron chi connectivity index (χ4n) is 6.79. The number of fused-ring (bicyclic) bond motifs is 7. The average molecular weight is 545 g/mol. The van der Waals surface area contributed by atoms with Gasteiger partial charge in [-0.2, -0.15) is 0 Å². The van der Waals surface area contributed by atoms with E-state index in [4.69, 9.17) is 4.42 Å². The minimum atomic E-state index is 0.120. The molecule has 0 amide bonds. The second-order valence-corrected chi connectivity index (χ2v) is 15.2. The summed E-state index contributed by atoms with van der Waals surface area (Å²) in [5.41, 5.74) is 9.16. The first-order chi connectivity index (χ1) is 18.9. The van der Waals surface area contributed by atoms with Crippen molar-refractivity contribution in [3.63, 3.8) is 0 Å². The summed E-state index contributed by atoms with van der Waals surface area (Å²) in [6, 6.07) is 20.4. The molecule has 40 heavy (non-hydrogen) atoms. The molecule has 2 aromatic heterocycles. The van der Waals surface area contributed by atoms with Crippen molar-refractivity contribution in [2.45, 2.75) is 71.1 Å². The lowest BCUT2D eigenvalue weighted by atomic mass is 9.84. The highest BCUT2D eigenvalue weighted by Gasteiger charge is 2.35. The van der Waals surface area contributed by atoms with Gasteiger partial charge in [0.1, 0.15) is 18.2 Å². The van der Waals surface area contributed by atoms with Crippen molar-refractivity contribution in [1.29, 1.82) is 0 Å². The molecule has 2 nitrogen and oxygen atoms in total. The first-order valence-electron chi connectivity index (χ1n) is 14.4. The highest BCUT2D eigenvalue weighted by molar-refractivity contribution is 8.00. The molecular formula is C37H38NOS+. The van der Waals surface area contributed by atoms with Crippen LogP contribution in [0.1, 0.15) is 58.2 Å². The van der Waals surface area contributed by atoms with Crippen LogP contribution < -0.4 is 4.57 Å². The number of para-hydroxylation sites is 1. The van der Waals surface area contributed by atoms with Crippen molar-refractivity contribution in [1.82, 2.24) is 0 Å². The van der Waals surface area contributed by atoms with Crippen molar-refractivity contribution in [3.05, 3.63) is 77.5 Å². The molecule has 7 rings (SSSR count). The van der Waals surface area contributed by atoms with Crippen LogP contribution >= 0.6 is 11.8 Å². The highest BCUT2D eigenvalue weighted by Crippen LogP contribution is 2.54. The second-order valence-electron chi connectivity index (χ2n) is 14.2. The Morgan fingerprint density at radius 2 is 1.55 bits per heavy atom. The smallest absolute Gasteiger partial charge is 0.222 e. The van der Waals surface area contributed by atoms with E-state index in [1.165, 1.54) is 70.1 Å². The van der Waals surface area contributed by atoms with Gasteiger partial charge in [0.25, 0.3) is 0 Å². The maximum Gasteiger partial charge on any atom is 0.222 e. The first-order valence-corrected chi connectivity index (χ1v) is 15.2. The third-order valence-corrected chi connectivity index (χ3v) is 9.47. The summed E-state index contributed by atoms with van der Waals surface area (Å²) >= 11 is 1.95. The van der Waals surface area contributed by atoms with Crippen molar-refractivity contribution in [2.75, 3.05) is 0 Å². The molecule has 0 aliphatic carbocycles. The van der Waals surface area contributed by atoms with Gasteiger partial charge in [-0.3, -0.25) is 0 Å². The van der Waals surface area contributed by atoms with Gasteiger partial charge in [-0.1, -0.05) is 89.7 Å². The fourth-order valence-corrected chi connectivity index (χ4v) is 8.15. The van der Waals surface area contributed by atoms with E-state index < -0.39 is 0 Å². The SMILES string of the molecule is Cc1c2c(c(CC(C)(C)C)c3oc4ccccc4c13)Sc1cc3cc(CC(C)(C)C)ccc3c3cc[n+](C)c-2c13. The summed E-state index contributed by atoms with van der Waals surface area (Å²) in [4.78, 5) is 2.71. The predicted octanol–water partition coefficient (Wildman–Crippen LogP) is 10.3. The molecular weight excluding hydrogens is 506 g/mol. The number of benzene rings is 4. The van der Waals surface area contributed by atoms with Crippen LogP contribution in [-0.4, -0.2) is 0 Å². The van der Waals surface area contributed by atoms with Crippen LogP contribution in [0.2, 0.25) is 0 Å². The number of nitrogens with zero attached hydrogens (tertiary/aromatic N) is 1. The molecule has 6 aromatic rings. The molecule has 3 heteroatoms. The molecule has 0 saturated heterocycles. The van der Waals surface area contributed by atoms with E-state index in [0.29, 0.717) is 0 Å². The topological polar surface area (TPSA) is 17.0 Å². The molecule has 1 aliphatic heterocycles. The van der Waals surface area contributed by atoms with Gasteiger partial charge in [0.2, 0.25) is 5.69 Å². The maximum atomic E-state index is 6.68.